The van der Waals surface area contributed by atoms with Gasteiger partial charge in [0.1, 0.15) is 0 Å². The lowest BCUT2D eigenvalue weighted by atomic mass is 10.0. The van der Waals surface area contributed by atoms with Gasteiger partial charge in [0.2, 0.25) is 0 Å². The van der Waals surface area contributed by atoms with Crippen molar-refractivity contribution in [3.05, 3.63) is 29.8 Å². The molecule has 1 aromatic carbocycles. The van der Waals surface area contributed by atoms with E-state index in [1.165, 1.54) is 0 Å². The normalized spacial score (nSPS) is 24.1. The second kappa shape index (κ2) is 5.53. The first-order valence-corrected chi connectivity index (χ1v) is 6.61. The molecule has 3 heteroatoms. The number of ether oxygens (including phenoxy) is 1. The first-order valence-electron chi connectivity index (χ1n) is 6.61. The van der Waals surface area contributed by atoms with E-state index in [1.807, 2.05) is 24.3 Å². The van der Waals surface area contributed by atoms with Crippen molar-refractivity contribution in [2.45, 2.75) is 39.3 Å². The summed E-state index contributed by atoms with van der Waals surface area (Å²) in [5.74, 6) is 0.125. The molecule has 0 saturated carbocycles. The molecule has 0 amide bonds. The Labute approximate surface area is 109 Å². The van der Waals surface area contributed by atoms with Crippen LogP contribution in [0.3, 0.4) is 0 Å². The van der Waals surface area contributed by atoms with Gasteiger partial charge in [-0.25, -0.2) is 0 Å². The summed E-state index contributed by atoms with van der Waals surface area (Å²) in [6.45, 7) is 7.46. The van der Waals surface area contributed by atoms with Crippen LogP contribution in [0.15, 0.2) is 24.3 Å². The third kappa shape index (κ3) is 2.56. The maximum atomic E-state index is 11.7. The van der Waals surface area contributed by atoms with E-state index < -0.39 is 0 Å². The van der Waals surface area contributed by atoms with Gasteiger partial charge in [0.05, 0.1) is 18.8 Å². The standard InChI is InChI=1S/C15H21NO2/c1-4-13-10-18-11(2)9-16(13)15-8-6-5-7-14(15)12(3)17/h5-8,11,13H,4,9-10H2,1-3H3. The smallest absolute Gasteiger partial charge is 0.161 e. The summed E-state index contributed by atoms with van der Waals surface area (Å²) in [6.07, 6.45) is 1.24. The summed E-state index contributed by atoms with van der Waals surface area (Å²) >= 11 is 0. The van der Waals surface area contributed by atoms with E-state index >= 15 is 0 Å². The number of para-hydroxylation sites is 1. The maximum absolute atomic E-state index is 11.7. The Morgan fingerprint density at radius 2 is 2.17 bits per heavy atom. The molecule has 1 aliphatic heterocycles. The summed E-state index contributed by atoms with van der Waals surface area (Å²) in [7, 11) is 0. The number of Topliss-reactive ketones (excluding diaryl/α,β-unsaturated/α-hetero) is 1. The number of carbonyl (C=O) groups excluding carboxylic acids is 1. The van der Waals surface area contributed by atoms with Crippen LogP contribution >= 0.6 is 0 Å². The van der Waals surface area contributed by atoms with Crippen molar-refractivity contribution in [3.8, 4) is 0 Å². The Morgan fingerprint density at radius 1 is 1.44 bits per heavy atom. The first-order chi connectivity index (χ1) is 8.63. The molecule has 3 nitrogen and oxygen atoms in total. The monoisotopic (exact) mass is 247 g/mol. The molecule has 2 atom stereocenters. The maximum Gasteiger partial charge on any atom is 0.161 e. The Hall–Kier alpha value is -1.35. The Morgan fingerprint density at radius 3 is 2.83 bits per heavy atom. The van der Waals surface area contributed by atoms with Gasteiger partial charge in [0.25, 0.3) is 0 Å². The van der Waals surface area contributed by atoms with Gasteiger partial charge in [-0.15, -0.1) is 0 Å². The fraction of sp³-hybridized carbons (Fsp3) is 0.533. The highest BCUT2D eigenvalue weighted by atomic mass is 16.5. The molecule has 2 rings (SSSR count). The lowest BCUT2D eigenvalue weighted by Crippen LogP contribution is -2.49. The predicted octanol–water partition coefficient (Wildman–Crippen LogP) is 2.89. The molecule has 0 radical (unpaired) electrons. The van der Waals surface area contributed by atoms with E-state index in [1.54, 1.807) is 6.92 Å². The molecule has 98 valence electrons. The van der Waals surface area contributed by atoms with Gasteiger partial charge in [-0.05, 0) is 32.4 Å². The zero-order chi connectivity index (χ0) is 13.1. The molecule has 0 bridgehead atoms. The molecule has 0 spiro atoms. The fourth-order valence-electron chi connectivity index (χ4n) is 2.50. The number of hydrogen-bond acceptors (Lipinski definition) is 3. The highest BCUT2D eigenvalue weighted by Crippen LogP contribution is 2.27. The van der Waals surface area contributed by atoms with Gasteiger partial charge in [0.15, 0.2) is 5.78 Å². The van der Waals surface area contributed by atoms with Crippen molar-refractivity contribution >= 4 is 11.5 Å². The van der Waals surface area contributed by atoms with Crippen molar-refractivity contribution < 1.29 is 9.53 Å². The number of nitrogens with zero attached hydrogens (tertiary/aromatic N) is 1. The number of morpholine rings is 1. The predicted molar refractivity (Wildman–Crippen MR) is 73.3 cm³/mol. The molecule has 1 aliphatic rings. The molecule has 1 fully saturated rings. The van der Waals surface area contributed by atoms with Crippen molar-refractivity contribution in [1.29, 1.82) is 0 Å². The van der Waals surface area contributed by atoms with E-state index in [2.05, 4.69) is 18.7 Å². The average Bonchev–Trinajstić information content (AvgIpc) is 2.38. The zero-order valence-electron chi connectivity index (χ0n) is 11.3. The molecule has 2 unspecified atom stereocenters. The van der Waals surface area contributed by atoms with Gasteiger partial charge in [-0.2, -0.15) is 0 Å². The number of anilines is 1. The molecular formula is C15H21NO2. The van der Waals surface area contributed by atoms with E-state index in [4.69, 9.17) is 4.74 Å². The third-order valence-corrected chi connectivity index (χ3v) is 3.53. The molecule has 0 aliphatic carbocycles. The van der Waals surface area contributed by atoms with Crippen molar-refractivity contribution in [2.24, 2.45) is 0 Å². The zero-order valence-corrected chi connectivity index (χ0v) is 11.3. The van der Waals surface area contributed by atoms with Crippen LogP contribution in [0.1, 0.15) is 37.6 Å². The number of benzene rings is 1. The number of hydrogen-bond donors (Lipinski definition) is 0. The van der Waals surface area contributed by atoms with Gasteiger partial charge >= 0.3 is 0 Å². The first kappa shape index (κ1) is 13.1. The van der Waals surface area contributed by atoms with Crippen molar-refractivity contribution in [3.63, 3.8) is 0 Å². The molecule has 1 aromatic rings. The highest BCUT2D eigenvalue weighted by molar-refractivity contribution is 5.99. The topological polar surface area (TPSA) is 29.5 Å². The Balaban J connectivity index is 2.36. The summed E-state index contributed by atoms with van der Waals surface area (Å²) < 4.78 is 5.71. The second-order valence-electron chi connectivity index (χ2n) is 4.93. The van der Waals surface area contributed by atoms with Crippen LogP contribution in [0.4, 0.5) is 5.69 Å². The van der Waals surface area contributed by atoms with Crippen LogP contribution in [0, 0.1) is 0 Å². The minimum atomic E-state index is 0.125. The Kier molecular flexibility index (Phi) is 4.02. The molecule has 0 aromatic heterocycles. The van der Waals surface area contributed by atoms with Crippen LogP contribution in [0.25, 0.3) is 0 Å². The third-order valence-electron chi connectivity index (χ3n) is 3.53. The van der Waals surface area contributed by atoms with Gasteiger partial charge in [-0.1, -0.05) is 19.1 Å². The van der Waals surface area contributed by atoms with Gasteiger partial charge < -0.3 is 9.64 Å². The van der Waals surface area contributed by atoms with Crippen molar-refractivity contribution in [1.82, 2.24) is 0 Å². The van der Waals surface area contributed by atoms with Crippen molar-refractivity contribution in [2.75, 3.05) is 18.1 Å². The summed E-state index contributed by atoms with van der Waals surface area (Å²) in [6, 6.07) is 8.23. The minimum absolute atomic E-state index is 0.125. The Bertz CT molecular complexity index is 430. The number of carbonyl (C=O) groups is 1. The molecule has 0 N–H and O–H groups in total. The minimum Gasteiger partial charge on any atom is -0.375 e. The molecule has 1 saturated heterocycles. The van der Waals surface area contributed by atoms with Crippen LogP contribution in [-0.2, 0) is 4.74 Å². The van der Waals surface area contributed by atoms with Gasteiger partial charge in [-0.3, -0.25) is 4.79 Å². The van der Waals surface area contributed by atoms with Crippen LogP contribution < -0.4 is 4.90 Å². The molecular weight excluding hydrogens is 226 g/mol. The number of ketones is 1. The SMILES string of the molecule is CCC1COC(C)CN1c1ccccc1C(C)=O. The van der Waals surface area contributed by atoms with E-state index in [0.717, 1.165) is 30.8 Å². The summed E-state index contributed by atoms with van der Waals surface area (Å²) in [4.78, 5) is 14.1. The molecule has 18 heavy (non-hydrogen) atoms. The van der Waals surface area contributed by atoms with E-state index in [9.17, 15) is 4.79 Å². The second-order valence-corrected chi connectivity index (χ2v) is 4.93. The van der Waals surface area contributed by atoms with Gasteiger partial charge in [0, 0.05) is 17.8 Å². The highest BCUT2D eigenvalue weighted by Gasteiger charge is 2.27. The van der Waals surface area contributed by atoms with E-state index in [-0.39, 0.29) is 11.9 Å². The molecule has 1 heterocycles. The van der Waals surface area contributed by atoms with Crippen LogP contribution in [0.5, 0.6) is 0 Å². The van der Waals surface area contributed by atoms with E-state index in [0.29, 0.717) is 6.04 Å². The lowest BCUT2D eigenvalue weighted by molar-refractivity contribution is 0.0299. The van der Waals surface area contributed by atoms with Crippen LogP contribution in [0.2, 0.25) is 0 Å². The quantitative estimate of drug-likeness (QED) is 0.769. The fourth-order valence-corrected chi connectivity index (χ4v) is 2.50. The summed E-state index contributed by atoms with van der Waals surface area (Å²) in [5.41, 5.74) is 1.86. The largest absolute Gasteiger partial charge is 0.375 e. The lowest BCUT2D eigenvalue weighted by Gasteiger charge is -2.40. The summed E-state index contributed by atoms with van der Waals surface area (Å²) in [5, 5.41) is 0. The average molecular weight is 247 g/mol. The van der Waals surface area contributed by atoms with Crippen LogP contribution in [-0.4, -0.2) is 31.1 Å². The number of rotatable bonds is 3.